The van der Waals surface area contributed by atoms with Crippen molar-refractivity contribution in [1.82, 2.24) is 5.32 Å². The van der Waals surface area contributed by atoms with Crippen LogP contribution in [0.25, 0.3) is 0 Å². The lowest BCUT2D eigenvalue weighted by Gasteiger charge is -2.24. The molecule has 1 aliphatic rings. The van der Waals surface area contributed by atoms with E-state index >= 15 is 0 Å². The average Bonchev–Trinajstić information content (AvgIpc) is 2.39. The van der Waals surface area contributed by atoms with Gasteiger partial charge in [0, 0.05) is 16.7 Å². The fraction of sp³-hybridized carbons (Fsp3) is 0.462. The Labute approximate surface area is 109 Å². The van der Waals surface area contributed by atoms with Crippen molar-refractivity contribution < 1.29 is 9.00 Å². The summed E-state index contributed by atoms with van der Waals surface area (Å²) in [6, 6.07) is 5.32. The Morgan fingerprint density at radius 3 is 2.61 bits per heavy atom. The lowest BCUT2D eigenvalue weighted by atomic mass is 9.89. The second-order valence-electron chi connectivity index (χ2n) is 4.60. The summed E-state index contributed by atoms with van der Waals surface area (Å²) in [4.78, 5) is 11.9. The predicted molar refractivity (Wildman–Crippen MR) is 72.1 cm³/mol. The summed E-state index contributed by atoms with van der Waals surface area (Å²) in [6.45, 7) is 1.97. The van der Waals surface area contributed by atoms with Crippen LogP contribution in [0.2, 0.25) is 0 Å². The third kappa shape index (κ3) is 2.79. The lowest BCUT2D eigenvalue weighted by molar-refractivity contribution is 0.1000. The van der Waals surface area contributed by atoms with Crippen LogP contribution in [0.1, 0.15) is 34.7 Å². The van der Waals surface area contributed by atoms with E-state index in [-0.39, 0.29) is 0 Å². The average molecular weight is 266 g/mol. The Hall–Kier alpha value is -1.20. The first-order chi connectivity index (χ1) is 8.59. The number of carbonyl (C=O) groups is 1. The number of amides is 1. The van der Waals surface area contributed by atoms with Crippen molar-refractivity contribution in [2.75, 3.05) is 19.3 Å². The van der Waals surface area contributed by atoms with Gasteiger partial charge in [-0.15, -0.1) is 0 Å². The minimum atomic E-state index is -1.10. The number of piperidine rings is 1. The van der Waals surface area contributed by atoms with Gasteiger partial charge in [-0.3, -0.25) is 9.00 Å². The molecule has 2 rings (SSSR count). The van der Waals surface area contributed by atoms with Crippen molar-refractivity contribution in [3.05, 3.63) is 29.3 Å². The van der Waals surface area contributed by atoms with E-state index in [4.69, 9.17) is 5.73 Å². The molecule has 1 heterocycles. The Kier molecular flexibility index (Phi) is 4.14. The van der Waals surface area contributed by atoms with Gasteiger partial charge in [0.25, 0.3) is 0 Å². The molecular weight excluding hydrogens is 248 g/mol. The van der Waals surface area contributed by atoms with E-state index in [1.165, 1.54) is 0 Å². The van der Waals surface area contributed by atoms with Gasteiger partial charge in [-0.25, -0.2) is 0 Å². The minimum Gasteiger partial charge on any atom is -0.366 e. The Morgan fingerprint density at radius 2 is 2.06 bits per heavy atom. The molecule has 4 nitrogen and oxygen atoms in total. The fourth-order valence-electron chi connectivity index (χ4n) is 2.41. The number of primary amides is 1. The van der Waals surface area contributed by atoms with Gasteiger partial charge in [0.05, 0.1) is 10.8 Å². The van der Waals surface area contributed by atoms with Gasteiger partial charge >= 0.3 is 0 Å². The van der Waals surface area contributed by atoms with Gasteiger partial charge in [-0.05, 0) is 49.5 Å². The molecule has 3 N–H and O–H groups in total. The smallest absolute Gasteiger partial charge is 0.248 e. The first-order valence-electron chi connectivity index (χ1n) is 6.07. The molecule has 18 heavy (non-hydrogen) atoms. The molecule has 98 valence electrons. The second-order valence-corrected chi connectivity index (χ2v) is 5.94. The molecular formula is C13H18N2O2S. The largest absolute Gasteiger partial charge is 0.366 e. The summed E-state index contributed by atoms with van der Waals surface area (Å²) in [5, 5.41) is 3.31. The van der Waals surface area contributed by atoms with E-state index in [2.05, 4.69) is 5.32 Å². The van der Waals surface area contributed by atoms with Crippen molar-refractivity contribution in [3.63, 3.8) is 0 Å². The Balaban J connectivity index is 2.39. The monoisotopic (exact) mass is 266 g/mol. The topological polar surface area (TPSA) is 72.2 Å². The molecule has 1 atom stereocenters. The van der Waals surface area contributed by atoms with Crippen LogP contribution in [-0.2, 0) is 10.8 Å². The fourth-order valence-corrected chi connectivity index (χ4v) is 3.27. The van der Waals surface area contributed by atoms with Gasteiger partial charge < -0.3 is 11.1 Å². The molecule has 0 spiro atoms. The quantitative estimate of drug-likeness (QED) is 0.857. The van der Waals surface area contributed by atoms with Crippen LogP contribution in [0, 0.1) is 0 Å². The highest BCUT2D eigenvalue weighted by atomic mass is 32.2. The van der Waals surface area contributed by atoms with Crippen LogP contribution < -0.4 is 11.1 Å². The summed E-state index contributed by atoms with van der Waals surface area (Å²) in [6.07, 6.45) is 3.73. The minimum absolute atomic E-state index is 0.423. The first kappa shape index (κ1) is 13.2. The second kappa shape index (κ2) is 5.63. The summed E-state index contributed by atoms with van der Waals surface area (Å²) in [5.74, 6) is -0.0503. The molecule has 1 fully saturated rings. The maximum Gasteiger partial charge on any atom is 0.248 e. The van der Waals surface area contributed by atoms with E-state index in [0.717, 1.165) is 36.4 Å². The maximum atomic E-state index is 11.8. The van der Waals surface area contributed by atoms with E-state index in [0.29, 0.717) is 11.5 Å². The van der Waals surface area contributed by atoms with E-state index < -0.39 is 16.7 Å². The molecule has 1 saturated heterocycles. The lowest BCUT2D eigenvalue weighted by Crippen LogP contribution is -2.27. The van der Waals surface area contributed by atoms with Crippen molar-refractivity contribution >= 4 is 16.7 Å². The number of hydrogen-bond donors (Lipinski definition) is 2. The molecule has 0 radical (unpaired) electrons. The van der Waals surface area contributed by atoms with Gasteiger partial charge in [0.15, 0.2) is 0 Å². The molecule has 0 saturated carbocycles. The van der Waals surface area contributed by atoms with Crippen LogP contribution in [-0.4, -0.2) is 29.5 Å². The Bertz CT molecular complexity index is 482. The number of benzene rings is 1. The summed E-state index contributed by atoms with van der Waals surface area (Å²) in [7, 11) is -1.10. The van der Waals surface area contributed by atoms with Crippen LogP contribution >= 0.6 is 0 Å². The van der Waals surface area contributed by atoms with Gasteiger partial charge in [0.1, 0.15) is 0 Å². The number of nitrogens with one attached hydrogen (secondary N) is 1. The molecule has 1 aromatic rings. The van der Waals surface area contributed by atoms with E-state index in [1.54, 1.807) is 18.4 Å². The predicted octanol–water partition coefficient (Wildman–Crippen LogP) is 0.990. The molecule has 0 aromatic heterocycles. The molecule has 1 amide bonds. The molecule has 0 unspecified atom stereocenters. The van der Waals surface area contributed by atoms with E-state index in [9.17, 15) is 9.00 Å². The van der Waals surface area contributed by atoms with E-state index in [1.807, 2.05) is 6.07 Å². The number of carbonyl (C=O) groups excluding carboxylic acids is 1. The standard InChI is InChI=1S/C13H18N2O2S/c1-18(17)12-8-10(13(14)16)2-3-11(12)9-4-6-15-7-5-9/h2-3,8-9,15H,4-7H2,1H3,(H2,14,16)/t18-/m1/s1. The summed E-state index contributed by atoms with van der Waals surface area (Å²) in [5.41, 5.74) is 6.79. The van der Waals surface area contributed by atoms with Crippen LogP contribution in [0.4, 0.5) is 0 Å². The van der Waals surface area contributed by atoms with Crippen LogP contribution in [0.15, 0.2) is 23.1 Å². The molecule has 1 aromatic carbocycles. The highest BCUT2D eigenvalue weighted by Gasteiger charge is 2.20. The third-order valence-electron chi connectivity index (χ3n) is 3.39. The van der Waals surface area contributed by atoms with Crippen molar-refractivity contribution in [2.24, 2.45) is 5.73 Å². The van der Waals surface area contributed by atoms with Gasteiger partial charge in [0.2, 0.25) is 5.91 Å². The van der Waals surface area contributed by atoms with Crippen LogP contribution in [0.5, 0.6) is 0 Å². The zero-order valence-corrected chi connectivity index (χ0v) is 11.3. The van der Waals surface area contributed by atoms with Gasteiger partial charge in [-0.2, -0.15) is 0 Å². The maximum absolute atomic E-state index is 11.8. The molecule has 1 aliphatic heterocycles. The third-order valence-corrected chi connectivity index (χ3v) is 4.36. The Morgan fingerprint density at radius 1 is 1.39 bits per heavy atom. The van der Waals surface area contributed by atoms with Crippen LogP contribution in [0.3, 0.4) is 0 Å². The van der Waals surface area contributed by atoms with Crippen molar-refractivity contribution in [1.29, 1.82) is 0 Å². The number of nitrogens with two attached hydrogens (primary N) is 1. The highest BCUT2D eigenvalue weighted by Crippen LogP contribution is 2.30. The SMILES string of the molecule is C[S@@](=O)c1cc(C(N)=O)ccc1C1CCNCC1. The van der Waals surface area contributed by atoms with Gasteiger partial charge in [-0.1, -0.05) is 6.07 Å². The molecule has 5 heteroatoms. The number of hydrogen-bond acceptors (Lipinski definition) is 3. The van der Waals surface area contributed by atoms with Crippen molar-refractivity contribution in [2.45, 2.75) is 23.7 Å². The number of rotatable bonds is 3. The molecule has 0 bridgehead atoms. The summed E-state index contributed by atoms with van der Waals surface area (Å²) >= 11 is 0. The molecule has 0 aliphatic carbocycles. The summed E-state index contributed by atoms with van der Waals surface area (Å²) < 4.78 is 11.8. The zero-order valence-electron chi connectivity index (χ0n) is 10.4. The normalized spacial score (nSPS) is 18.5. The zero-order chi connectivity index (χ0) is 13.1. The first-order valence-corrected chi connectivity index (χ1v) is 7.63. The highest BCUT2D eigenvalue weighted by molar-refractivity contribution is 7.84. The van der Waals surface area contributed by atoms with Crippen molar-refractivity contribution in [3.8, 4) is 0 Å².